The van der Waals surface area contributed by atoms with E-state index in [0.717, 1.165) is 6.42 Å². The minimum absolute atomic E-state index is 0.147. The Balaban J connectivity index is 3.29. The first-order valence-corrected chi connectivity index (χ1v) is 6.01. The first-order valence-electron chi connectivity index (χ1n) is 6.01. The normalized spacial score (nSPS) is 13.6. The van der Waals surface area contributed by atoms with Crippen LogP contribution in [0.25, 0.3) is 0 Å². The summed E-state index contributed by atoms with van der Waals surface area (Å²) in [6.45, 7) is 7.85. The summed E-state index contributed by atoms with van der Waals surface area (Å²) >= 11 is 0. The fourth-order valence-corrected chi connectivity index (χ4v) is 1.76. The van der Waals surface area contributed by atoms with Gasteiger partial charge in [-0.25, -0.2) is 4.39 Å². The van der Waals surface area contributed by atoms with Gasteiger partial charge in [-0.15, -0.1) is 0 Å². The van der Waals surface area contributed by atoms with Crippen LogP contribution in [0.5, 0.6) is 0 Å². The van der Waals surface area contributed by atoms with Crippen LogP contribution in [0.15, 0.2) is 18.2 Å². The summed E-state index contributed by atoms with van der Waals surface area (Å²) in [4.78, 5) is 1.91. The van der Waals surface area contributed by atoms with Crippen molar-refractivity contribution >= 4 is 5.69 Å². The van der Waals surface area contributed by atoms with E-state index in [0.29, 0.717) is 11.3 Å². The standard InChI is InChI=1S/C14H22FNO/c1-6-14(3,4)16(5)13-11(10(2)17)8-7-9-12(13)15/h7-10,17H,6H2,1-5H3. The van der Waals surface area contributed by atoms with E-state index in [1.165, 1.54) is 6.07 Å². The Labute approximate surface area is 103 Å². The number of anilines is 1. The molecule has 0 amide bonds. The summed E-state index contributed by atoms with van der Waals surface area (Å²) in [5, 5.41) is 9.72. The van der Waals surface area contributed by atoms with Crippen LogP contribution in [-0.2, 0) is 0 Å². The number of para-hydroxylation sites is 1. The van der Waals surface area contributed by atoms with Gasteiger partial charge < -0.3 is 10.0 Å². The van der Waals surface area contributed by atoms with Crippen molar-refractivity contribution in [2.24, 2.45) is 0 Å². The van der Waals surface area contributed by atoms with E-state index in [4.69, 9.17) is 0 Å². The molecule has 0 aromatic heterocycles. The molecule has 1 atom stereocenters. The Morgan fingerprint density at radius 3 is 2.47 bits per heavy atom. The number of aliphatic hydroxyl groups excluding tert-OH is 1. The predicted molar refractivity (Wildman–Crippen MR) is 69.8 cm³/mol. The Morgan fingerprint density at radius 2 is 2.00 bits per heavy atom. The highest BCUT2D eigenvalue weighted by atomic mass is 19.1. The number of rotatable bonds is 4. The van der Waals surface area contributed by atoms with Gasteiger partial charge in [-0.3, -0.25) is 0 Å². The summed E-state index contributed by atoms with van der Waals surface area (Å²) in [6, 6.07) is 4.84. The lowest BCUT2D eigenvalue weighted by Gasteiger charge is -2.38. The maximum atomic E-state index is 14.0. The van der Waals surface area contributed by atoms with Crippen molar-refractivity contribution in [2.45, 2.75) is 45.8 Å². The van der Waals surface area contributed by atoms with Crippen molar-refractivity contribution in [2.75, 3.05) is 11.9 Å². The molecule has 0 radical (unpaired) electrons. The number of hydrogen-bond donors (Lipinski definition) is 1. The highest BCUT2D eigenvalue weighted by Gasteiger charge is 2.26. The first-order chi connectivity index (χ1) is 7.81. The van der Waals surface area contributed by atoms with Crippen molar-refractivity contribution in [1.29, 1.82) is 0 Å². The third-order valence-corrected chi connectivity index (χ3v) is 3.58. The average Bonchev–Trinajstić information content (AvgIpc) is 2.27. The molecule has 0 heterocycles. The second kappa shape index (κ2) is 5.05. The average molecular weight is 239 g/mol. The van der Waals surface area contributed by atoms with Crippen LogP contribution in [0, 0.1) is 5.82 Å². The fraction of sp³-hybridized carbons (Fsp3) is 0.571. The summed E-state index contributed by atoms with van der Waals surface area (Å²) in [5.74, 6) is -0.285. The molecule has 1 rings (SSSR count). The SMILES string of the molecule is CCC(C)(C)N(C)c1c(F)cccc1C(C)O. The molecule has 2 nitrogen and oxygen atoms in total. The van der Waals surface area contributed by atoms with Crippen molar-refractivity contribution in [3.05, 3.63) is 29.6 Å². The Hall–Kier alpha value is -1.09. The van der Waals surface area contributed by atoms with E-state index in [2.05, 4.69) is 20.8 Å². The monoisotopic (exact) mass is 239 g/mol. The molecule has 0 spiro atoms. The lowest BCUT2D eigenvalue weighted by molar-refractivity contribution is 0.199. The summed E-state index contributed by atoms with van der Waals surface area (Å²) < 4.78 is 14.0. The molecule has 0 aliphatic rings. The second-order valence-corrected chi connectivity index (χ2v) is 5.08. The van der Waals surface area contributed by atoms with E-state index in [1.54, 1.807) is 19.1 Å². The highest BCUT2D eigenvalue weighted by molar-refractivity contribution is 5.56. The largest absolute Gasteiger partial charge is 0.389 e. The van der Waals surface area contributed by atoms with Gasteiger partial charge in [0.15, 0.2) is 0 Å². The molecular formula is C14H22FNO. The Bertz CT molecular complexity index is 388. The quantitative estimate of drug-likeness (QED) is 0.869. The zero-order valence-corrected chi connectivity index (χ0v) is 11.3. The molecule has 1 aromatic carbocycles. The van der Waals surface area contributed by atoms with Crippen LogP contribution in [0.1, 0.15) is 45.8 Å². The molecule has 0 bridgehead atoms. The minimum atomic E-state index is -0.671. The van der Waals surface area contributed by atoms with Crippen LogP contribution in [-0.4, -0.2) is 17.7 Å². The summed E-state index contributed by atoms with van der Waals surface area (Å²) in [6.07, 6.45) is 0.229. The third kappa shape index (κ3) is 2.78. The second-order valence-electron chi connectivity index (χ2n) is 5.08. The van der Waals surface area contributed by atoms with Crippen LogP contribution >= 0.6 is 0 Å². The lowest BCUT2D eigenvalue weighted by Crippen LogP contribution is -2.41. The predicted octanol–water partition coefficient (Wildman–Crippen LogP) is 3.50. The molecular weight excluding hydrogens is 217 g/mol. The van der Waals surface area contributed by atoms with Crippen LogP contribution in [0.4, 0.5) is 10.1 Å². The molecule has 0 aliphatic carbocycles. The van der Waals surface area contributed by atoms with Gasteiger partial charge in [0.2, 0.25) is 0 Å². The molecule has 1 aromatic rings. The zero-order valence-electron chi connectivity index (χ0n) is 11.3. The molecule has 96 valence electrons. The molecule has 1 unspecified atom stereocenters. The molecule has 0 aliphatic heterocycles. The molecule has 0 fully saturated rings. The van der Waals surface area contributed by atoms with Crippen LogP contribution < -0.4 is 4.90 Å². The highest BCUT2D eigenvalue weighted by Crippen LogP contribution is 2.33. The van der Waals surface area contributed by atoms with Gasteiger partial charge in [0, 0.05) is 18.2 Å². The molecule has 0 saturated carbocycles. The van der Waals surface area contributed by atoms with Crippen molar-refractivity contribution in [3.8, 4) is 0 Å². The zero-order chi connectivity index (χ0) is 13.2. The van der Waals surface area contributed by atoms with E-state index >= 15 is 0 Å². The van der Waals surface area contributed by atoms with Crippen LogP contribution in [0.2, 0.25) is 0 Å². The number of nitrogens with zero attached hydrogens (tertiary/aromatic N) is 1. The van der Waals surface area contributed by atoms with Crippen LogP contribution in [0.3, 0.4) is 0 Å². The number of halogens is 1. The topological polar surface area (TPSA) is 23.5 Å². The van der Waals surface area contributed by atoms with Gasteiger partial charge in [-0.05, 0) is 33.3 Å². The fourth-order valence-electron chi connectivity index (χ4n) is 1.76. The minimum Gasteiger partial charge on any atom is -0.389 e. The van der Waals surface area contributed by atoms with Gasteiger partial charge in [-0.2, -0.15) is 0 Å². The third-order valence-electron chi connectivity index (χ3n) is 3.58. The number of benzene rings is 1. The van der Waals surface area contributed by atoms with E-state index in [-0.39, 0.29) is 11.4 Å². The van der Waals surface area contributed by atoms with Crippen molar-refractivity contribution in [3.63, 3.8) is 0 Å². The first kappa shape index (κ1) is 14.0. The van der Waals surface area contributed by atoms with Gasteiger partial charge in [0.25, 0.3) is 0 Å². The number of hydrogen-bond acceptors (Lipinski definition) is 2. The number of aliphatic hydroxyl groups is 1. The maximum Gasteiger partial charge on any atom is 0.146 e. The summed E-state index contributed by atoms with van der Waals surface area (Å²) in [5.41, 5.74) is 0.981. The van der Waals surface area contributed by atoms with Gasteiger partial charge in [-0.1, -0.05) is 19.1 Å². The lowest BCUT2D eigenvalue weighted by atomic mass is 9.97. The maximum absolute atomic E-state index is 14.0. The van der Waals surface area contributed by atoms with E-state index in [9.17, 15) is 9.50 Å². The van der Waals surface area contributed by atoms with E-state index in [1.807, 2.05) is 11.9 Å². The van der Waals surface area contributed by atoms with Crippen molar-refractivity contribution in [1.82, 2.24) is 0 Å². The van der Waals surface area contributed by atoms with Crippen molar-refractivity contribution < 1.29 is 9.50 Å². The molecule has 3 heteroatoms. The van der Waals surface area contributed by atoms with Gasteiger partial charge in [0.05, 0.1) is 11.8 Å². The van der Waals surface area contributed by atoms with E-state index < -0.39 is 6.10 Å². The molecule has 0 saturated heterocycles. The Morgan fingerprint density at radius 1 is 1.41 bits per heavy atom. The Kier molecular flexibility index (Phi) is 4.15. The molecule has 17 heavy (non-hydrogen) atoms. The summed E-state index contributed by atoms with van der Waals surface area (Å²) in [7, 11) is 1.87. The molecule has 1 N–H and O–H groups in total. The van der Waals surface area contributed by atoms with Gasteiger partial charge >= 0.3 is 0 Å². The van der Waals surface area contributed by atoms with Gasteiger partial charge in [0.1, 0.15) is 5.82 Å². The smallest absolute Gasteiger partial charge is 0.146 e.